The van der Waals surface area contributed by atoms with Crippen LogP contribution in [-0.4, -0.2) is 40.6 Å². The molecule has 1 aliphatic rings. The molecular formula is C21H24Cl2N2O3. The van der Waals surface area contributed by atoms with Gasteiger partial charge in [-0.05, 0) is 37.1 Å². The van der Waals surface area contributed by atoms with Gasteiger partial charge < -0.3 is 19.1 Å². The van der Waals surface area contributed by atoms with Gasteiger partial charge in [-0.2, -0.15) is 0 Å². The highest BCUT2D eigenvalue weighted by Gasteiger charge is 2.24. The molecule has 4 rings (SSSR count). The number of aliphatic hydroxyl groups is 1. The number of para-hydroxylation sites is 3. The first-order valence-electron chi connectivity index (χ1n) is 9.30. The summed E-state index contributed by atoms with van der Waals surface area (Å²) in [7, 11) is 0. The number of nitrogens with zero attached hydrogens (tertiary/aromatic N) is 2. The summed E-state index contributed by atoms with van der Waals surface area (Å²) in [5.41, 5.74) is 1.99. The third kappa shape index (κ3) is 4.61. The molecule has 0 aliphatic carbocycles. The van der Waals surface area contributed by atoms with Crippen LogP contribution in [0.5, 0.6) is 5.75 Å². The predicted molar refractivity (Wildman–Crippen MR) is 113 cm³/mol. The second kappa shape index (κ2) is 9.61. The zero-order chi connectivity index (χ0) is 18.6. The topological polar surface area (TPSA) is 56.5 Å². The molecule has 1 fully saturated rings. The maximum absolute atomic E-state index is 10.6. The van der Waals surface area contributed by atoms with E-state index in [2.05, 4.69) is 4.57 Å². The maximum Gasteiger partial charge on any atom is 0.138 e. The Labute approximate surface area is 175 Å². The molecule has 1 saturated heterocycles. The minimum absolute atomic E-state index is 0. The Balaban J connectivity index is 0.00000225. The van der Waals surface area contributed by atoms with Gasteiger partial charge in [-0.3, -0.25) is 0 Å². The van der Waals surface area contributed by atoms with E-state index in [1.54, 1.807) is 12.1 Å². The third-order valence-electron chi connectivity index (χ3n) is 4.93. The van der Waals surface area contributed by atoms with Gasteiger partial charge in [-0.1, -0.05) is 35.9 Å². The Bertz CT molecular complexity index is 910. The van der Waals surface area contributed by atoms with Crippen molar-refractivity contribution in [3.8, 4) is 5.75 Å². The molecule has 1 aliphatic heterocycles. The van der Waals surface area contributed by atoms with E-state index in [1.807, 2.05) is 36.4 Å². The summed E-state index contributed by atoms with van der Waals surface area (Å²) in [6, 6.07) is 15.3. The van der Waals surface area contributed by atoms with Crippen molar-refractivity contribution < 1.29 is 14.6 Å². The molecule has 28 heavy (non-hydrogen) atoms. The average Bonchev–Trinajstić information content (AvgIpc) is 3.06. The summed E-state index contributed by atoms with van der Waals surface area (Å²) < 4.78 is 13.3. The Hall–Kier alpha value is -1.79. The van der Waals surface area contributed by atoms with Gasteiger partial charge in [0.25, 0.3) is 0 Å². The molecule has 0 bridgehead atoms. The van der Waals surface area contributed by atoms with E-state index in [0.29, 0.717) is 23.2 Å². The molecule has 0 radical (unpaired) electrons. The van der Waals surface area contributed by atoms with Crippen molar-refractivity contribution in [3.63, 3.8) is 0 Å². The zero-order valence-electron chi connectivity index (χ0n) is 15.5. The van der Waals surface area contributed by atoms with Crippen LogP contribution in [0.4, 0.5) is 0 Å². The largest absolute Gasteiger partial charge is 0.489 e. The predicted octanol–water partition coefficient (Wildman–Crippen LogP) is 4.45. The van der Waals surface area contributed by atoms with Crippen LogP contribution in [0.3, 0.4) is 0 Å². The number of fused-ring (bicyclic) bond motifs is 1. The fourth-order valence-electron chi connectivity index (χ4n) is 3.56. The van der Waals surface area contributed by atoms with E-state index in [1.165, 1.54) is 0 Å². The highest BCUT2D eigenvalue weighted by Crippen LogP contribution is 2.30. The zero-order valence-corrected chi connectivity index (χ0v) is 17.0. The fourth-order valence-corrected chi connectivity index (χ4v) is 3.75. The minimum atomic E-state index is -0.669. The van der Waals surface area contributed by atoms with E-state index < -0.39 is 6.10 Å². The molecule has 1 N–H and O–H groups in total. The van der Waals surface area contributed by atoms with Crippen molar-refractivity contribution >= 4 is 35.0 Å². The molecule has 1 atom stereocenters. The summed E-state index contributed by atoms with van der Waals surface area (Å²) in [6.45, 7) is 2.11. The second-order valence-corrected chi connectivity index (χ2v) is 7.26. The van der Waals surface area contributed by atoms with Crippen LogP contribution in [0, 0.1) is 0 Å². The van der Waals surface area contributed by atoms with Crippen molar-refractivity contribution in [1.29, 1.82) is 0 Å². The monoisotopic (exact) mass is 422 g/mol. The van der Waals surface area contributed by atoms with E-state index >= 15 is 0 Å². The molecule has 5 nitrogen and oxygen atoms in total. The summed E-state index contributed by atoms with van der Waals surface area (Å²) >= 11 is 6.12. The summed E-state index contributed by atoms with van der Waals surface area (Å²) in [4.78, 5) is 4.86. The van der Waals surface area contributed by atoms with E-state index in [0.717, 1.165) is 42.9 Å². The quantitative estimate of drug-likeness (QED) is 0.637. The van der Waals surface area contributed by atoms with Crippen LogP contribution >= 0.6 is 24.0 Å². The lowest BCUT2D eigenvalue weighted by atomic mass is 9.99. The number of rotatable bonds is 6. The highest BCUT2D eigenvalue weighted by molar-refractivity contribution is 6.32. The van der Waals surface area contributed by atoms with Gasteiger partial charge in [0.05, 0.1) is 22.6 Å². The molecule has 1 aromatic heterocycles. The summed E-state index contributed by atoms with van der Waals surface area (Å²) in [6.07, 6.45) is 1.24. The SMILES string of the molecule is Cl.OC(COc1ccccc1Cl)Cn1c(C2CCOCC2)nc2ccccc21. The first kappa shape index (κ1) is 20.9. The fraction of sp³-hybridized carbons (Fsp3) is 0.381. The molecule has 7 heteroatoms. The molecule has 3 aromatic rings. The number of halogens is 2. The lowest BCUT2D eigenvalue weighted by Crippen LogP contribution is -2.26. The van der Waals surface area contributed by atoms with Gasteiger partial charge >= 0.3 is 0 Å². The van der Waals surface area contributed by atoms with E-state index in [9.17, 15) is 5.11 Å². The third-order valence-corrected chi connectivity index (χ3v) is 5.24. The number of imidazole rings is 1. The van der Waals surface area contributed by atoms with E-state index in [-0.39, 0.29) is 19.0 Å². The summed E-state index contributed by atoms with van der Waals surface area (Å²) in [5, 5.41) is 11.2. The Morgan fingerprint density at radius 3 is 2.64 bits per heavy atom. The number of ether oxygens (including phenoxy) is 2. The highest BCUT2D eigenvalue weighted by atomic mass is 35.5. The molecule has 0 saturated carbocycles. The molecule has 150 valence electrons. The molecule has 2 heterocycles. The lowest BCUT2D eigenvalue weighted by Gasteiger charge is -2.23. The van der Waals surface area contributed by atoms with Gasteiger partial charge in [0.2, 0.25) is 0 Å². The normalized spacial score (nSPS) is 15.9. The Kier molecular flexibility index (Phi) is 7.18. The van der Waals surface area contributed by atoms with Gasteiger partial charge in [0, 0.05) is 19.1 Å². The van der Waals surface area contributed by atoms with Crippen LogP contribution in [0.15, 0.2) is 48.5 Å². The van der Waals surface area contributed by atoms with Crippen molar-refractivity contribution in [2.75, 3.05) is 19.8 Å². The Morgan fingerprint density at radius 1 is 1.14 bits per heavy atom. The number of hydrogen-bond donors (Lipinski definition) is 1. The van der Waals surface area contributed by atoms with Crippen LogP contribution in [0.25, 0.3) is 11.0 Å². The smallest absolute Gasteiger partial charge is 0.138 e. The van der Waals surface area contributed by atoms with Crippen molar-refractivity contribution in [2.45, 2.75) is 31.4 Å². The van der Waals surface area contributed by atoms with E-state index in [4.69, 9.17) is 26.1 Å². The molecule has 1 unspecified atom stereocenters. The number of hydrogen-bond acceptors (Lipinski definition) is 4. The van der Waals surface area contributed by atoms with Crippen LogP contribution in [-0.2, 0) is 11.3 Å². The lowest BCUT2D eigenvalue weighted by molar-refractivity contribution is 0.0780. The Morgan fingerprint density at radius 2 is 1.86 bits per heavy atom. The molecule has 0 spiro atoms. The maximum atomic E-state index is 10.6. The van der Waals surface area contributed by atoms with Gasteiger partial charge in [-0.25, -0.2) is 4.98 Å². The van der Waals surface area contributed by atoms with Gasteiger partial charge in [-0.15, -0.1) is 12.4 Å². The first-order chi connectivity index (χ1) is 13.2. The van der Waals surface area contributed by atoms with Gasteiger partial charge in [0.1, 0.15) is 24.3 Å². The number of benzene rings is 2. The first-order valence-corrected chi connectivity index (χ1v) is 9.68. The van der Waals surface area contributed by atoms with Crippen molar-refractivity contribution in [1.82, 2.24) is 9.55 Å². The van der Waals surface area contributed by atoms with Crippen molar-refractivity contribution in [2.24, 2.45) is 0 Å². The number of aromatic nitrogens is 2. The van der Waals surface area contributed by atoms with Gasteiger partial charge in [0.15, 0.2) is 0 Å². The molecule has 2 aromatic carbocycles. The standard InChI is InChI=1S/C21H23ClN2O3.ClH/c22-17-5-1-4-8-20(17)27-14-16(25)13-24-19-7-3-2-6-18(19)23-21(24)15-9-11-26-12-10-15;/h1-8,15-16,25H,9-14H2;1H. The minimum Gasteiger partial charge on any atom is -0.489 e. The molecular weight excluding hydrogens is 399 g/mol. The second-order valence-electron chi connectivity index (χ2n) is 6.85. The van der Waals surface area contributed by atoms with Crippen LogP contribution in [0.1, 0.15) is 24.6 Å². The molecule has 0 amide bonds. The average molecular weight is 423 g/mol. The van der Waals surface area contributed by atoms with Crippen LogP contribution < -0.4 is 4.74 Å². The van der Waals surface area contributed by atoms with Crippen LogP contribution in [0.2, 0.25) is 5.02 Å². The summed E-state index contributed by atoms with van der Waals surface area (Å²) in [5.74, 6) is 1.96. The number of aliphatic hydroxyl groups excluding tert-OH is 1. The van der Waals surface area contributed by atoms with Crippen molar-refractivity contribution in [3.05, 3.63) is 59.4 Å².